The molecule has 108 valence electrons. The van der Waals surface area contributed by atoms with Gasteiger partial charge in [-0.1, -0.05) is 34.6 Å². The molecule has 0 aromatic carbocycles. The van der Waals surface area contributed by atoms with Crippen LogP contribution in [-0.4, -0.2) is 17.6 Å². The lowest BCUT2D eigenvalue weighted by atomic mass is 9.92. The first kappa shape index (κ1) is 16.2. The zero-order chi connectivity index (χ0) is 14.6. The van der Waals surface area contributed by atoms with Gasteiger partial charge in [-0.15, -0.1) is 11.3 Å². The van der Waals surface area contributed by atoms with E-state index in [4.69, 9.17) is 4.74 Å². The SMILES string of the molecule is CCOC(=O)C(Cc1nc(C(C)(C)C)cs1)C(C)C. The molecule has 0 bridgehead atoms. The molecule has 0 aliphatic rings. The number of aromatic nitrogens is 1. The summed E-state index contributed by atoms with van der Waals surface area (Å²) in [7, 11) is 0. The highest BCUT2D eigenvalue weighted by atomic mass is 32.1. The smallest absolute Gasteiger partial charge is 0.309 e. The van der Waals surface area contributed by atoms with Crippen molar-refractivity contribution in [2.24, 2.45) is 11.8 Å². The molecular formula is C15H25NO2S. The van der Waals surface area contributed by atoms with E-state index in [1.807, 2.05) is 6.92 Å². The molecule has 1 heterocycles. The fraction of sp³-hybridized carbons (Fsp3) is 0.733. The van der Waals surface area contributed by atoms with Crippen molar-refractivity contribution in [2.75, 3.05) is 6.61 Å². The Labute approximate surface area is 120 Å². The van der Waals surface area contributed by atoms with Crippen LogP contribution >= 0.6 is 11.3 Å². The number of carbonyl (C=O) groups is 1. The molecule has 0 fully saturated rings. The van der Waals surface area contributed by atoms with Crippen LogP contribution in [0.1, 0.15) is 52.2 Å². The lowest BCUT2D eigenvalue weighted by Crippen LogP contribution is -2.25. The van der Waals surface area contributed by atoms with Crippen molar-refractivity contribution < 1.29 is 9.53 Å². The zero-order valence-electron chi connectivity index (χ0n) is 12.8. The molecule has 0 aliphatic heterocycles. The van der Waals surface area contributed by atoms with Gasteiger partial charge in [-0.3, -0.25) is 4.79 Å². The van der Waals surface area contributed by atoms with Crippen LogP contribution in [0.3, 0.4) is 0 Å². The molecule has 0 saturated carbocycles. The van der Waals surface area contributed by atoms with Crippen LogP contribution in [0, 0.1) is 11.8 Å². The third-order valence-electron chi connectivity index (χ3n) is 3.11. The number of carbonyl (C=O) groups excluding carboxylic acids is 1. The van der Waals surface area contributed by atoms with E-state index in [1.165, 1.54) is 0 Å². The first-order valence-corrected chi connectivity index (χ1v) is 7.75. The quantitative estimate of drug-likeness (QED) is 0.771. The van der Waals surface area contributed by atoms with Crippen molar-refractivity contribution >= 4 is 17.3 Å². The first-order chi connectivity index (χ1) is 8.75. The Morgan fingerprint density at radius 2 is 2.05 bits per heavy atom. The van der Waals surface area contributed by atoms with Gasteiger partial charge in [-0.25, -0.2) is 4.98 Å². The molecule has 1 unspecified atom stereocenters. The van der Waals surface area contributed by atoms with Gasteiger partial charge in [0.15, 0.2) is 0 Å². The predicted octanol–water partition coefficient (Wildman–Crippen LogP) is 3.82. The molecule has 0 radical (unpaired) electrons. The summed E-state index contributed by atoms with van der Waals surface area (Å²) >= 11 is 1.64. The van der Waals surface area contributed by atoms with Crippen molar-refractivity contribution in [3.63, 3.8) is 0 Å². The second-order valence-corrected chi connectivity index (χ2v) is 7.13. The third kappa shape index (κ3) is 4.60. The predicted molar refractivity (Wildman–Crippen MR) is 79.5 cm³/mol. The Balaban J connectivity index is 2.80. The average molecular weight is 283 g/mol. The highest BCUT2D eigenvalue weighted by Gasteiger charge is 2.26. The van der Waals surface area contributed by atoms with E-state index in [1.54, 1.807) is 11.3 Å². The van der Waals surface area contributed by atoms with Crippen LogP contribution in [0.4, 0.5) is 0 Å². The molecule has 0 saturated heterocycles. The van der Waals surface area contributed by atoms with E-state index in [2.05, 4.69) is 45.0 Å². The van der Waals surface area contributed by atoms with Crippen LogP contribution in [0.15, 0.2) is 5.38 Å². The molecule has 0 spiro atoms. The molecule has 4 heteroatoms. The van der Waals surface area contributed by atoms with Gasteiger partial charge < -0.3 is 4.74 Å². The normalized spacial score (nSPS) is 13.6. The molecule has 0 amide bonds. The molecule has 3 nitrogen and oxygen atoms in total. The lowest BCUT2D eigenvalue weighted by Gasteiger charge is -2.18. The summed E-state index contributed by atoms with van der Waals surface area (Å²) < 4.78 is 5.15. The zero-order valence-corrected chi connectivity index (χ0v) is 13.6. The molecule has 0 aliphatic carbocycles. The molecule has 1 aromatic rings. The van der Waals surface area contributed by atoms with Gasteiger partial charge in [-0.05, 0) is 12.8 Å². The maximum Gasteiger partial charge on any atom is 0.309 e. The lowest BCUT2D eigenvalue weighted by molar-refractivity contribution is -0.149. The van der Waals surface area contributed by atoms with Crippen LogP contribution in [-0.2, 0) is 21.4 Å². The van der Waals surface area contributed by atoms with E-state index in [0.717, 1.165) is 10.7 Å². The second-order valence-electron chi connectivity index (χ2n) is 6.18. The number of hydrogen-bond donors (Lipinski definition) is 0. The Morgan fingerprint density at radius 1 is 1.42 bits per heavy atom. The topological polar surface area (TPSA) is 39.2 Å². The molecule has 1 aromatic heterocycles. The maximum absolute atomic E-state index is 11.9. The summed E-state index contributed by atoms with van der Waals surface area (Å²) in [5, 5.41) is 3.12. The fourth-order valence-corrected chi connectivity index (χ4v) is 2.86. The largest absolute Gasteiger partial charge is 0.466 e. The minimum atomic E-state index is -0.106. The van der Waals surface area contributed by atoms with Gasteiger partial charge in [0.2, 0.25) is 0 Å². The molecular weight excluding hydrogens is 258 g/mol. The van der Waals surface area contributed by atoms with E-state index < -0.39 is 0 Å². The van der Waals surface area contributed by atoms with Gasteiger partial charge in [0, 0.05) is 17.2 Å². The number of thiazole rings is 1. The second kappa shape index (κ2) is 6.51. The minimum absolute atomic E-state index is 0.0615. The molecule has 19 heavy (non-hydrogen) atoms. The van der Waals surface area contributed by atoms with Crippen LogP contribution in [0.2, 0.25) is 0 Å². The summed E-state index contributed by atoms with van der Waals surface area (Å²) in [6.45, 7) is 12.8. The van der Waals surface area contributed by atoms with Crippen molar-refractivity contribution in [1.29, 1.82) is 0 Å². The Morgan fingerprint density at radius 3 is 2.47 bits per heavy atom. The van der Waals surface area contributed by atoms with Gasteiger partial charge in [0.1, 0.15) is 0 Å². The fourth-order valence-electron chi connectivity index (χ4n) is 1.78. The number of ether oxygens (including phenoxy) is 1. The first-order valence-electron chi connectivity index (χ1n) is 6.87. The van der Waals surface area contributed by atoms with Crippen molar-refractivity contribution in [3.05, 3.63) is 16.1 Å². The molecule has 1 rings (SSSR count). The minimum Gasteiger partial charge on any atom is -0.466 e. The van der Waals surface area contributed by atoms with Crippen LogP contribution in [0.5, 0.6) is 0 Å². The van der Waals surface area contributed by atoms with E-state index >= 15 is 0 Å². The average Bonchev–Trinajstić information content (AvgIpc) is 2.73. The number of rotatable bonds is 5. The van der Waals surface area contributed by atoms with Crippen molar-refractivity contribution in [3.8, 4) is 0 Å². The Kier molecular flexibility index (Phi) is 5.53. The molecule has 1 atom stereocenters. The molecule has 0 N–H and O–H groups in total. The van der Waals surface area contributed by atoms with Gasteiger partial charge in [0.05, 0.1) is 23.2 Å². The Bertz CT molecular complexity index is 418. The van der Waals surface area contributed by atoms with E-state index in [-0.39, 0.29) is 23.2 Å². The van der Waals surface area contributed by atoms with E-state index in [9.17, 15) is 4.79 Å². The standard InChI is InChI=1S/C15H25NO2S/c1-7-18-14(17)11(10(2)3)8-13-16-12(9-19-13)15(4,5)6/h9-11H,7-8H2,1-6H3. The number of nitrogens with zero attached hydrogens (tertiary/aromatic N) is 1. The van der Waals surface area contributed by atoms with Crippen LogP contribution in [0.25, 0.3) is 0 Å². The van der Waals surface area contributed by atoms with Gasteiger partial charge >= 0.3 is 5.97 Å². The monoisotopic (exact) mass is 283 g/mol. The maximum atomic E-state index is 11.9. The highest BCUT2D eigenvalue weighted by Crippen LogP contribution is 2.27. The van der Waals surface area contributed by atoms with E-state index in [0.29, 0.717) is 13.0 Å². The number of esters is 1. The summed E-state index contributed by atoms with van der Waals surface area (Å²) in [5.74, 6) is 0.0602. The Hall–Kier alpha value is -0.900. The summed E-state index contributed by atoms with van der Waals surface area (Å²) in [6.07, 6.45) is 0.678. The highest BCUT2D eigenvalue weighted by molar-refractivity contribution is 7.09. The van der Waals surface area contributed by atoms with Crippen molar-refractivity contribution in [1.82, 2.24) is 4.98 Å². The van der Waals surface area contributed by atoms with Gasteiger partial charge in [0.25, 0.3) is 0 Å². The summed E-state index contributed by atoms with van der Waals surface area (Å²) in [4.78, 5) is 16.6. The third-order valence-corrected chi connectivity index (χ3v) is 3.98. The van der Waals surface area contributed by atoms with Gasteiger partial charge in [-0.2, -0.15) is 0 Å². The van der Waals surface area contributed by atoms with Crippen LogP contribution < -0.4 is 0 Å². The number of hydrogen-bond acceptors (Lipinski definition) is 4. The summed E-state index contributed by atoms with van der Waals surface area (Å²) in [5.41, 5.74) is 1.16. The summed E-state index contributed by atoms with van der Waals surface area (Å²) in [6, 6.07) is 0. The van der Waals surface area contributed by atoms with Crippen molar-refractivity contribution in [2.45, 2.75) is 53.4 Å².